The molecular weight excluding hydrogens is 254 g/mol. The fourth-order valence-corrected chi connectivity index (χ4v) is 2.80. The van der Waals surface area contributed by atoms with E-state index in [1.807, 2.05) is 0 Å². The van der Waals surface area contributed by atoms with Gasteiger partial charge in [0.25, 0.3) is 0 Å². The van der Waals surface area contributed by atoms with Crippen LogP contribution in [0.2, 0.25) is 0 Å². The molecule has 1 saturated carbocycles. The standard InChI is InChI=1S/C16H33NO3/c1-3-5-10-20-12-15(18)11-17-13-16(19)8-6-14(4-2)7-9-16/h14-15,17-19H,3-13H2,1-2H3. The molecule has 1 aliphatic carbocycles. The Morgan fingerprint density at radius 3 is 2.60 bits per heavy atom. The predicted octanol–water partition coefficient (Wildman–Crippen LogP) is 2.08. The lowest BCUT2D eigenvalue weighted by atomic mass is 9.78. The predicted molar refractivity (Wildman–Crippen MR) is 81.8 cm³/mol. The molecule has 0 spiro atoms. The van der Waals surface area contributed by atoms with Gasteiger partial charge in [-0.05, 0) is 38.0 Å². The Kier molecular flexibility index (Phi) is 8.69. The quantitative estimate of drug-likeness (QED) is 0.538. The number of nitrogens with one attached hydrogen (secondary N) is 1. The summed E-state index contributed by atoms with van der Waals surface area (Å²) in [4.78, 5) is 0. The molecule has 120 valence electrons. The van der Waals surface area contributed by atoms with Crippen LogP contribution in [0.25, 0.3) is 0 Å². The van der Waals surface area contributed by atoms with Crippen LogP contribution < -0.4 is 5.32 Å². The average Bonchev–Trinajstić information content (AvgIpc) is 2.44. The van der Waals surface area contributed by atoms with Crippen molar-refractivity contribution in [3.05, 3.63) is 0 Å². The molecule has 1 unspecified atom stereocenters. The fourth-order valence-electron chi connectivity index (χ4n) is 2.80. The molecule has 4 heteroatoms. The van der Waals surface area contributed by atoms with Crippen molar-refractivity contribution in [1.29, 1.82) is 0 Å². The first-order valence-electron chi connectivity index (χ1n) is 8.28. The second-order valence-corrected chi connectivity index (χ2v) is 6.29. The third kappa shape index (κ3) is 7.02. The van der Waals surface area contributed by atoms with Crippen LogP contribution >= 0.6 is 0 Å². The van der Waals surface area contributed by atoms with Gasteiger partial charge in [-0.2, -0.15) is 0 Å². The number of aliphatic hydroxyl groups excluding tert-OH is 1. The molecule has 0 radical (unpaired) electrons. The van der Waals surface area contributed by atoms with Gasteiger partial charge in [0.2, 0.25) is 0 Å². The molecule has 0 saturated heterocycles. The normalized spacial score (nSPS) is 28.5. The molecule has 1 aliphatic rings. The van der Waals surface area contributed by atoms with Gasteiger partial charge in [0, 0.05) is 19.7 Å². The zero-order valence-electron chi connectivity index (χ0n) is 13.2. The van der Waals surface area contributed by atoms with E-state index >= 15 is 0 Å². The van der Waals surface area contributed by atoms with Crippen LogP contribution in [0.15, 0.2) is 0 Å². The largest absolute Gasteiger partial charge is 0.389 e. The molecule has 1 rings (SSSR count). The summed E-state index contributed by atoms with van der Waals surface area (Å²) in [5.74, 6) is 0.785. The highest BCUT2D eigenvalue weighted by Crippen LogP contribution is 2.33. The lowest BCUT2D eigenvalue weighted by Gasteiger charge is -2.36. The van der Waals surface area contributed by atoms with Crippen molar-refractivity contribution in [1.82, 2.24) is 5.32 Å². The Bertz CT molecular complexity index is 240. The van der Waals surface area contributed by atoms with Gasteiger partial charge in [-0.3, -0.25) is 0 Å². The zero-order valence-corrected chi connectivity index (χ0v) is 13.2. The second-order valence-electron chi connectivity index (χ2n) is 6.29. The van der Waals surface area contributed by atoms with Crippen molar-refractivity contribution in [2.45, 2.75) is 70.5 Å². The minimum Gasteiger partial charge on any atom is -0.389 e. The number of rotatable bonds is 10. The minimum absolute atomic E-state index is 0.378. The molecular formula is C16H33NO3. The summed E-state index contributed by atoms with van der Waals surface area (Å²) in [6, 6.07) is 0. The maximum atomic E-state index is 10.5. The van der Waals surface area contributed by atoms with E-state index in [0.717, 1.165) is 51.0 Å². The van der Waals surface area contributed by atoms with Crippen LogP contribution in [0.3, 0.4) is 0 Å². The molecule has 0 bridgehead atoms. The molecule has 1 fully saturated rings. The van der Waals surface area contributed by atoms with Gasteiger partial charge >= 0.3 is 0 Å². The van der Waals surface area contributed by atoms with E-state index in [1.54, 1.807) is 0 Å². The summed E-state index contributed by atoms with van der Waals surface area (Å²) >= 11 is 0. The Morgan fingerprint density at radius 1 is 1.30 bits per heavy atom. The van der Waals surface area contributed by atoms with Crippen molar-refractivity contribution in [2.24, 2.45) is 5.92 Å². The van der Waals surface area contributed by atoms with E-state index in [-0.39, 0.29) is 0 Å². The second kappa shape index (κ2) is 9.72. The molecule has 0 heterocycles. The van der Waals surface area contributed by atoms with Crippen LogP contribution in [0.1, 0.15) is 58.8 Å². The molecule has 4 nitrogen and oxygen atoms in total. The molecule has 0 aliphatic heterocycles. The Hall–Kier alpha value is -0.160. The van der Waals surface area contributed by atoms with Gasteiger partial charge in [-0.15, -0.1) is 0 Å². The third-order valence-corrected chi connectivity index (χ3v) is 4.40. The van der Waals surface area contributed by atoms with E-state index in [2.05, 4.69) is 19.2 Å². The van der Waals surface area contributed by atoms with Gasteiger partial charge in [-0.25, -0.2) is 0 Å². The smallest absolute Gasteiger partial charge is 0.0897 e. The molecule has 0 aromatic carbocycles. The van der Waals surface area contributed by atoms with Crippen molar-refractivity contribution in [3.8, 4) is 0 Å². The van der Waals surface area contributed by atoms with Crippen LogP contribution in [0.5, 0.6) is 0 Å². The molecule has 0 aromatic rings. The minimum atomic E-state index is -0.575. The maximum absolute atomic E-state index is 10.5. The Labute approximate surface area is 123 Å². The number of aliphatic hydroxyl groups is 2. The molecule has 1 atom stereocenters. The SMILES string of the molecule is CCCCOCC(O)CNCC1(O)CCC(CC)CC1. The van der Waals surface area contributed by atoms with Gasteiger partial charge < -0.3 is 20.3 Å². The zero-order chi connectivity index (χ0) is 14.8. The van der Waals surface area contributed by atoms with E-state index in [4.69, 9.17) is 4.74 Å². The summed E-state index contributed by atoms with van der Waals surface area (Å²) in [7, 11) is 0. The monoisotopic (exact) mass is 287 g/mol. The summed E-state index contributed by atoms with van der Waals surface area (Å²) in [5.41, 5.74) is -0.575. The summed E-state index contributed by atoms with van der Waals surface area (Å²) in [6.07, 6.45) is 6.89. The van der Waals surface area contributed by atoms with E-state index in [0.29, 0.717) is 19.7 Å². The summed E-state index contributed by atoms with van der Waals surface area (Å²) in [6.45, 7) is 6.51. The van der Waals surface area contributed by atoms with E-state index < -0.39 is 11.7 Å². The lowest BCUT2D eigenvalue weighted by molar-refractivity contribution is -0.0140. The molecule has 3 N–H and O–H groups in total. The molecule has 0 amide bonds. The lowest BCUT2D eigenvalue weighted by Crippen LogP contribution is -2.45. The first-order valence-corrected chi connectivity index (χ1v) is 8.28. The van der Waals surface area contributed by atoms with Crippen molar-refractivity contribution < 1.29 is 14.9 Å². The highest BCUT2D eigenvalue weighted by Gasteiger charge is 2.32. The topological polar surface area (TPSA) is 61.7 Å². The van der Waals surface area contributed by atoms with Crippen LogP contribution in [0, 0.1) is 5.92 Å². The van der Waals surface area contributed by atoms with E-state index in [9.17, 15) is 10.2 Å². The van der Waals surface area contributed by atoms with Crippen LogP contribution in [-0.4, -0.2) is 48.2 Å². The number of ether oxygens (including phenoxy) is 1. The van der Waals surface area contributed by atoms with Gasteiger partial charge in [0.1, 0.15) is 0 Å². The summed E-state index contributed by atoms with van der Waals surface area (Å²) in [5, 5.41) is 23.4. The highest BCUT2D eigenvalue weighted by atomic mass is 16.5. The Morgan fingerprint density at radius 2 is 2.00 bits per heavy atom. The first kappa shape index (κ1) is 17.9. The van der Waals surface area contributed by atoms with Crippen molar-refractivity contribution in [3.63, 3.8) is 0 Å². The maximum Gasteiger partial charge on any atom is 0.0897 e. The average molecular weight is 287 g/mol. The van der Waals surface area contributed by atoms with E-state index in [1.165, 1.54) is 6.42 Å². The van der Waals surface area contributed by atoms with Crippen molar-refractivity contribution in [2.75, 3.05) is 26.3 Å². The van der Waals surface area contributed by atoms with Crippen LogP contribution in [-0.2, 0) is 4.74 Å². The number of hydrogen-bond acceptors (Lipinski definition) is 4. The van der Waals surface area contributed by atoms with Gasteiger partial charge in [0.15, 0.2) is 0 Å². The summed E-state index contributed by atoms with van der Waals surface area (Å²) < 4.78 is 5.38. The number of unbranched alkanes of at least 4 members (excludes halogenated alkanes) is 1. The molecule has 20 heavy (non-hydrogen) atoms. The highest BCUT2D eigenvalue weighted by molar-refractivity contribution is 4.87. The van der Waals surface area contributed by atoms with Gasteiger partial charge in [-0.1, -0.05) is 26.7 Å². The number of hydrogen-bond donors (Lipinski definition) is 3. The van der Waals surface area contributed by atoms with Gasteiger partial charge in [0.05, 0.1) is 18.3 Å². The Balaban J connectivity index is 2.07. The first-order chi connectivity index (χ1) is 9.59. The third-order valence-electron chi connectivity index (χ3n) is 4.40. The van der Waals surface area contributed by atoms with Crippen LogP contribution in [0.4, 0.5) is 0 Å². The van der Waals surface area contributed by atoms with Crippen molar-refractivity contribution >= 4 is 0 Å². The fraction of sp³-hybridized carbons (Fsp3) is 1.00. The molecule has 0 aromatic heterocycles.